The number of anilines is 1. The lowest BCUT2D eigenvalue weighted by molar-refractivity contribution is 0.102. The lowest BCUT2D eigenvalue weighted by atomic mass is 10.1. The third kappa shape index (κ3) is 2.82. The van der Waals surface area contributed by atoms with Crippen molar-refractivity contribution < 1.29 is 9.18 Å². The molecule has 0 saturated heterocycles. The number of carbonyl (C=O) groups is 1. The predicted molar refractivity (Wildman–Crippen MR) is 78.8 cm³/mol. The summed E-state index contributed by atoms with van der Waals surface area (Å²) in [5.41, 5.74) is 1.11. The van der Waals surface area contributed by atoms with Gasteiger partial charge in [0.25, 0.3) is 5.91 Å². The molecule has 1 saturated carbocycles. The van der Waals surface area contributed by atoms with E-state index in [-0.39, 0.29) is 5.91 Å². The van der Waals surface area contributed by atoms with Crippen molar-refractivity contribution in [1.29, 1.82) is 0 Å². The Hall–Kier alpha value is -2.17. The summed E-state index contributed by atoms with van der Waals surface area (Å²) in [4.78, 5) is 12.3. The highest BCUT2D eigenvalue weighted by molar-refractivity contribution is 6.04. The number of aryl methyl sites for hydroxylation is 1. The quantitative estimate of drug-likeness (QED) is 0.935. The average molecular weight is 287 g/mol. The molecule has 1 heterocycles. The highest BCUT2D eigenvalue weighted by Gasteiger charge is 2.21. The first-order chi connectivity index (χ1) is 10.1. The van der Waals surface area contributed by atoms with Gasteiger partial charge in [-0.15, -0.1) is 0 Å². The Morgan fingerprint density at radius 1 is 1.33 bits per heavy atom. The summed E-state index contributed by atoms with van der Waals surface area (Å²) in [6.07, 6.45) is 6.25. The van der Waals surface area contributed by atoms with Crippen LogP contribution in [0.5, 0.6) is 0 Å². The van der Waals surface area contributed by atoms with E-state index < -0.39 is 5.82 Å². The monoisotopic (exact) mass is 287 g/mol. The van der Waals surface area contributed by atoms with Crippen molar-refractivity contribution in [2.45, 2.75) is 38.6 Å². The van der Waals surface area contributed by atoms with Crippen LogP contribution >= 0.6 is 0 Å². The molecule has 1 aliphatic carbocycles. The molecule has 1 amide bonds. The number of halogens is 1. The van der Waals surface area contributed by atoms with Crippen LogP contribution in [0.2, 0.25) is 0 Å². The minimum absolute atomic E-state index is 0.299. The maximum absolute atomic E-state index is 13.3. The molecule has 1 aromatic carbocycles. The van der Waals surface area contributed by atoms with Crippen LogP contribution in [0, 0.1) is 12.7 Å². The van der Waals surface area contributed by atoms with E-state index in [2.05, 4.69) is 10.4 Å². The zero-order valence-corrected chi connectivity index (χ0v) is 12.0. The Morgan fingerprint density at radius 3 is 2.86 bits per heavy atom. The van der Waals surface area contributed by atoms with E-state index in [1.165, 1.54) is 25.0 Å². The number of hydrogen-bond donors (Lipinski definition) is 1. The van der Waals surface area contributed by atoms with Crippen molar-refractivity contribution in [3.05, 3.63) is 47.4 Å². The fourth-order valence-electron chi connectivity index (χ4n) is 2.88. The maximum atomic E-state index is 13.3. The van der Waals surface area contributed by atoms with E-state index in [0.29, 0.717) is 17.4 Å². The molecule has 1 aliphatic rings. The second kappa shape index (κ2) is 5.68. The van der Waals surface area contributed by atoms with Gasteiger partial charge < -0.3 is 5.32 Å². The first-order valence-electron chi connectivity index (χ1n) is 7.26. The topological polar surface area (TPSA) is 46.9 Å². The van der Waals surface area contributed by atoms with Gasteiger partial charge >= 0.3 is 0 Å². The summed E-state index contributed by atoms with van der Waals surface area (Å²) in [6, 6.07) is 6.36. The molecule has 21 heavy (non-hydrogen) atoms. The molecule has 1 fully saturated rings. The molecular formula is C16H18FN3O. The fourth-order valence-corrected chi connectivity index (χ4v) is 2.88. The number of aromatic nitrogens is 2. The molecule has 1 aromatic heterocycles. The molecule has 1 N–H and O–H groups in total. The van der Waals surface area contributed by atoms with Crippen LogP contribution in [0.3, 0.4) is 0 Å². The van der Waals surface area contributed by atoms with Gasteiger partial charge in [0.1, 0.15) is 11.6 Å². The van der Waals surface area contributed by atoms with Crippen LogP contribution in [0.1, 0.15) is 47.6 Å². The van der Waals surface area contributed by atoms with Crippen molar-refractivity contribution in [3.8, 4) is 0 Å². The van der Waals surface area contributed by atoms with Gasteiger partial charge in [0.05, 0.1) is 12.2 Å². The van der Waals surface area contributed by atoms with Gasteiger partial charge in [-0.25, -0.2) is 9.07 Å². The van der Waals surface area contributed by atoms with Gasteiger partial charge in [0, 0.05) is 11.6 Å². The highest BCUT2D eigenvalue weighted by atomic mass is 19.1. The molecule has 0 aliphatic heterocycles. The van der Waals surface area contributed by atoms with Crippen LogP contribution in [-0.4, -0.2) is 15.7 Å². The maximum Gasteiger partial charge on any atom is 0.257 e. The fraction of sp³-hybridized carbons (Fsp3) is 0.375. The smallest absolute Gasteiger partial charge is 0.257 e. The molecule has 2 aromatic rings. The Labute approximate surface area is 123 Å². The van der Waals surface area contributed by atoms with E-state index in [1.54, 1.807) is 25.3 Å². The Kier molecular flexibility index (Phi) is 3.73. The second-order valence-electron chi connectivity index (χ2n) is 5.51. The van der Waals surface area contributed by atoms with Gasteiger partial charge in [-0.3, -0.25) is 4.79 Å². The molecule has 0 unspecified atom stereocenters. The van der Waals surface area contributed by atoms with E-state index in [4.69, 9.17) is 0 Å². The minimum atomic E-state index is -0.407. The van der Waals surface area contributed by atoms with Gasteiger partial charge in [-0.05, 0) is 37.5 Å². The SMILES string of the molecule is Cc1ccc(F)cc1C(=O)Nc1ccnn1C1CCCC1. The molecule has 0 radical (unpaired) electrons. The van der Waals surface area contributed by atoms with Gasteiger partial charge in [0.2, 0.25) is 0 Å². The minimum Gasteiger partial charge on any atom is -0.307 e. The highest BCUT2D eigenvalue weighted by Crippen LogP contribution is 2.31. The van der Waals surface area contributed by atoms with Gasteiger partial charge in [-0.2, -0.15) is 5.10 Å². The lowest BCUT2D eigenvalue weighted by Crippen LogP contribution is -2.18. The third-order valence-corrected chi connectivity index (χ3v) is 4.03. The van der Waals surface area contributed by atoms with Crippen LogP contribution in [-0.2, 0) is 0 Å². The van der Waals surface area contributed by atoms with Gasteiger partial charge in [0.15, 0.2) is 0 Å². The number of hydrogen-bond acceptors (Lipinski definition) is 2. The number of nitrogens with zero attached hydrogens (tertiary/aromatic N) is 2. The summed E-state index contributed by atoms with van der Waals surface area (Å²) < 4.78 is 15.2. The van der Waals surface area contributed by atoms with Crippen LogP contribution in [0.4, 0.5) is 10.2 Å². The average Bonchev–Trinajstić information content (AvgIpc) is 3.11. The number of nitrogens with one attached hydrogen (secondary N) is 1. The third-order valence-electron chi connectivity index (χ3n) is 4.03. The van der Waals surface area contributed by atoms with Crippen molar-refractivity contribution in [2.75, 3.05) is 5.32 Å². The van der Waals surface area contributed by atoms with E-state index in [1.807, 2.05) is 4.68 Å². The summed E-state index contributed by atoms with van der Waals surface area (Å²) >= 11 is 0. The van der Waals surface area contributed by atoms with Crippen LogP contribution < -0.4 is 5.32 Å². The second-order valence-corrected chi connectivity index (χ2v) is 5.51. The Morgan fingerprint density at radius 2 is 2.10 bits per heavy atom. The standard InChI is InChI=1S/C16H18FN3O/c1-11-6-7-12(17)10-14(11)16(21)19-15-8-9-18-20(15)13-4-2-3-5-13/h6-10,13H,2-5H2,1H3,(H,19,21). The largest absolute Gasteiger partial charge is 0.307 e. The lowest BCUT2D eigenvalue weighted by Gasteiger charge is -2.15. The molecular weight excluding hydrogens is 269 g/mol. The zero-order chi connectivity index (χ0) is 14.8. The van der Waals surface area contributed by atoms with Crippen LogP contribution in [0.25, 0.3) is 0 Å². The number of benzene rings is 1. The molecule has 5 heteroatoms. The molecule has 0 bridgehead atoms. The summed E-state index contributed by atoms with van der Waals surface area (Å²) in [6.45, 7) is 1.79. The molecule has 0 atom stereocenters. The summed E-state index contributed by atoms with van der Waals surface area (Å²) in [5.74, 6) is -0.0302. The van der Waals surface area contributed by atoms with E-state index in [0.717, 1.165) is 18.4 Å². The Bertz CT molecular complexity index is 659. The number of rotatable bonds is 3. The van der Waals surface area contributed by atoms with Crippen molar-refractivity contribution >= 4 is 11.7 Å². The first-order valence-corrected chi connectivity index (χ1v) is 7.26. The molecule has 0 spiro atoms. The number of amides is 1. The van der Waals surface area contributed by atoms with Crippen molar-refractivity contribution in [2.24, 2.45) is 0 Å². The van der Waals surface area contributed by atoms with Crippen molar-refractivity contribution in [1.82, 2.24) is 9.78 Å². The molecule has 4 nitrogen and oxygen atoms in total. The Balaban J connectivity index is 1.82. The number of carbonyl (C=O) groups excluding carboxylic acids is 1. The predicted octanol–water partition coefficient (Wildman–Crippen LogP) is 3.70. The summed E-state index contributed by atoms with van der Waals surface area (Å²) in [7, 11) is 0. The first kappa shape index (κ1) is 13.8. The van der Waals surface area contributed by atoms with Crippen molar-refractivity contribution in [3.63, 3.8) is 0 Å². The van der Waals surface area contributed by atoms with Crippen LogP contribution in [0.15, 0.2) is 30.5 Å². The van der Waals surface area contributed by atoms with E-state index >= 15 is 0 Å². The van der Waals surface area contributed by atoms with Gasteiger partial charge in [-0.1, -0.05) is 18.9 Å². The molecule has 3 rings (SSSR count). The van der Waals surface area contributed by atoms with E-state index in [9.17, 15) is 9.18 Å². The summed E-state index contributed by atoms with van der Waals surface area (Å²) in [5, 5.41) is 7.16. The normalized spacial score (nSPS) is 15.3. The zero-order valence-electron chi connectivity index (χ0n) is 12.0. The molecule has 110 valence electrons.